The predicted octanol–water partition coefficient (Wildman–Crippen LogP) is 3.47. The molecule has 0 fully saturated rings. The Bertz CT molecular complexity index is 587. The van der Waals surface area contributed by atoms with Gasteiger partial charge in [-0.1, -0.05) is 11.6 Å². The van der Waals surface area contributed by atoms with Crippen molar-refractivity contribution in [3.8, 4) is 5.75 Å². The molecule has 21 heavy (non-hydrogen) atoms. The van der Waals surface area contributed by atoms with E-state index in [9.17, 15) is 9.90 Å². The third-order valence-electron chi connectivity index (χ3n) is 3.83. The number of aliphatic hydroxyl groups is 1. The van der Waals surface area contributed by atoms with Crippen molar-refractivity contribution in [2.45, 2.75) is 59.2 Å². The molecule has 2 rings (SSSR count). The lowest BCUT2D eigenvalue weighted by Crippen LogP contribution is -2.39. The molecule has 1 aliphatic heterocycles. The summed E-state index contributed by atoms with van der Waals surface area (Å²) in [7, 11) is 0. The molecule has 3 nitrogen and oxygen atoms in total. The molecule has 0 saturated heterocycles. The highest BCUT2D eigenvalue weighted by atomic mass is 16.5. The van der Waals surface area contributed by atoms with Gasteiger partial charge in [-0.25, -0.2) is 0 Å². The maximum absolute atomic E-state index is 11.7. The standard InChI is InChI=1S/C18H24O3/c1-11(2)6-7-13-8-14(12(3)19)9-15-10-16(18(4,5)20)21-17(13)15/h6,8-9,16,20H,7,10H2,1-5H3. The highest BCUT2D eigenvalue weighted by molar-refractivity contribution is 5.94. The van der Waals surface area contributed by atoms with E-state index in [2.05, 4.69) is 19.9 Å². The van der Waals surface area contributed by atoms with Crippen LogP contribution in [-0.2, 0) is 12.8 Å². The zero-order valence-electron chi connectivity index (χ0n) is 13.5. The van der Waals surface area contributed by atoms with Gasteiger partial charge in [-0.3, -0.25) is 4.79 Å². The van der Waals surface area contributed by atoms with E-state index >= 15 is 0 Å². The monoisotopic (exact) mass is 288 g/mol. The molecular formula is C18H24O3. The average Bonchev–Trinajstić information content (AvgIpc) is 2.79. The van der Waals surface area contributed by atoms with E-state index in [1.54, 1.807) is 20.8 Å². The van der Waals surface area contributed by atoms with Crippen molar-refractivity contribution in [3.05, 3.63) is 40.5 Å². The Kier molecular flexibility index (Phi) is 4.24. The number of rotatable bonds is 4. The maximum atomic E-state index is 11.7. The highest BCUT2D eigenvalue weighted by Crippen LogP contribution is 2.37. The fourth-order valence-corrected chi connectivity index (χ4v) is 2.50. The molecule has 0 bridgehead atoms. The van der Waals surface area contributed by atoms with Gasteiger partial charge in [0, 0.05) is 12.0 Å². The number of carbonyl (C=O) groups is 1. The fourth-order valence-electron chi connectivity index (χ4n) is 2.50. The Balaban J connectivity index is 2.43. The van der Waals surface area contributed by atoms with Gasteiger partial charge in [0.2, 0.25) is 0 Å². The van der Waals surface area contributed by atoms with Crippen LogP contribution >= 0.6 is 0 Å². The number of carbonyl (C=O) groups excluding carboxylic acids is 1. The van der Waals surface area contributed by atoms with Crippen LogP contribution in [-0.4, -0.2) is 22.6 Å². The van der Waals surface area contributed by atoms with E-state index in [0.29, 0.717) is 12.0 Å². The second-order valence-corrected chi connectivity index (χ2v) is 6.63. The molecule has 0 aliphatic carbocycles. The SMILES string of the molecule is CC(=O)c1cc(CC=C(C)C)c2c(c1)CC(C(C)(C)O)O2. The van der Waals surface area contributed by atoms with Crippen LogP contribution in [0.3, 0.4) is 0 Å². The number of allylic oxidation sites excluding steroid dienone is 2. The van der Waals surface area contributed by atoms with Crippen LogP contribution in [0.1, 0.15) is 56.1 Å². The molecule has 1 aliphatic rings. The zero-order valence-corrected chi connectivity index (χ0v) is 13.5. The van der Waals surface area contributed by atoms with Gasteiger partial charge in [0.1, 0.15) is 11.9 Å². The van der Waals surface area contributed by atoms with Crippen LogP contribution in [0.15, 0.2) is 23.8 Å². The van der Waals surface area contributed by atoms with Crippen molar-refractivity contribution >= 4 is 5.78 Å². The van der Waals surface area contributed by atoms with E-state index in [1.807, 2.05) is 12.1 Å². The first kappa shape index (κ1) is 15.8. The Morgan fingerprint density at radius 2 is 2.05 bits per heavy atom. The van der Waals surface area contributed by atoms with Gasteiger partial charge >= 0.3 is 0 Å². The third-order valence-corrected chi connectivity index (χ3v) is 3.83. The van der Waals surface area contributed by atoms with Crippen molar-refractivity contribution < 1.29 is 14.6 Å². The van der Waals surface area contributed by atoms with Crippen LogP contribution in [0.4, 0.5) is 0 Å². The minimum Gasteiger partial charge on any atom is -0.487 e. The Morgan fingerprint density at radius 1 is 1.38 bits per heavy atom. The van der Waals surface area contributed by atoms with Crippen molar-refractivity contribution in [2.24, 2.45) is 0 Å². The molecule has 1 N–H and O–H groups in total. The second kappa shape index (κ2) is 5.64. The molecule has 1 aromatic carbocycles. The molecule has 3 heteroatoms. The van der Waals surface area contributed by atoms with Gasteiger partial charge < -0.3 is 9.84 Å². The fraction of sp³-hybridized carbons (Fsp3) is 0.500. The number of ketones is 1. The molecule has 1 unspecified atom stereocenters. The molecular weight excluding hydrogens is 264 g/mol. The minimum absolute atomic E-state index is 0.0583. The number of fused-ring (bicyclic) bond motifs is 1. The van der Waals surface area contributed by atoms with E-state index in [1.165, 1.54) is 5.57 Å². The van der Waals surface area contributed by atoms with Gasteiger partial charge in [-0.2, -0.15) is 0 Å². The average molecular weight is 288 g/mol. The lowest BCUT2D eigenvalue weighted by Gasteiger charge is -2.24. The zero-order chi connectivity index (χ0) is 15.8. The molecule has 0 radical (unpaired) electrons. The lowest BCUT2D eigenvalue weighted by atomic mass is 9.94. The quantitative estimate of drug-likeness (QED) is 0.681. The summed E-state index contributed by atoms with van der Waals surface area (Å²) in [6, 6.07) is 3.81. The summed E-state index contributed by atoms with van der Waals surface area (Å²) in [5, 5.41) is 10.2. The third kappa shape index (κ3) is 3.53. The van der Waals surface area contributed by atoms with E-state index in [0.717, 1.165) is 23.3 Å². The lowest BCUT2D eigenvalue weighted by molar-refractivity contribution is -0.0231. The van der Waals surface area contributed by atoms with Gasteiger partial charge in [-0.15, -0.1) is 0 Å². The molecule has 1 atom stereocenters. The van der Waals surface area contributed by atoms with Crippen LogP contribution in [0.25, 0.3) is 0 Å². The molecule has 0 amide bonds. The molecule has 1 aromatic rings. The molecule has 0 saturated carbocycles. The topological polar surface area (TPSA) is 46.5 Å². The second-order valence-electron chi connectivity index (χ2n) is 6.63. The number of Topliss-reactive ketones (excluding diaryl/α,β-unsaturated/α-hetero) is 1. The van der Waals surface area contributed by atoms with E-state index < -0.39 is 5.60 Å². The highest BCUT2D eigenvalue weighted by Gasteiger charge is 2.36. The Hall–Kier alpha value is -1.61. The van der Waals surface area contributed by atoms with Gasteiger partial charge in [-0.05, 0) is 64.3 Å². The normalized spacial score (nSPS) is 17.1. The first-order chi connectivity index (χ1) is 9.68. The van der Waals surface area contributed by atoms with E-state index in [-0.39, 0.29) is 11.9 Å². The van der Waals surface area contributed by atoms with Crippen LogP contribution in [0.5, 0.6) is 5.75 Å². The number of hydrogen-bond donors (Lipinski definition) is 1. The summed E-state index contributed by atoms with van der Waals surface area (Å²) >= 11 is 0. The van der Waals surface area contributed by atoms with Crippen LogP contribution in [0.2, 0.25) is 0 Å². The Morgan fingerprint density at radius 3 is 2.57 bits per heavy atom. The van der Waals surface area contributed by atoms with Crippen LogP contribution in [0, 0.1) is 0 Å². The van der Waals surface area contributed by atoms with Crippen molar-refractivity contribution in [2.75, 3.05) is 0 Å². The van der Waals surface area contributed by atoms with Gasteiger partial charge in [0.25, 0.3) is 0 Å². The summed E-state index contributed by atoms with van der Waals surface area (Å²) in [5.74, 6) is 0.896. The predicted molar refractivity (Wildman–Crippen MR) is 84.0 cm³/mol. The summed E-state index contributed by atoms with van der Waals surface area (Å²) in [5.41, 5.74) is 3.08. The Labute approximate surface area is 126 Å². The summed E-state index contributed by atoms with van der Waals surface area (Å²) in [4.78, 5) is 11.7. The largest absolute Gasteiger partial charge is 0.487 e. The van der Waals surface area contributed by atoms with E-state index in [4.69, 9.17) is 4.74 Å². The van der Waals surface area contributed by atoms with Crippen molar-refractivity contribution in [3.63, 3.8) is 0 Å². The molecule has 114 valence electrons. The first-order valence-corrected chi connectivity index (χ1v) is 7.37. The molecule has 0 aromatic heterocycles. The van der Waals surface area contributed by atoms with Crippen molar-refractivity contribution in [1.82, 2.24) is 0 Å². The molecule has 1 heterocycles. The van der Waals surface area contributed by atoms with Crippen LogP contribution < -0.4 is 4.74 Å². The number of ether oxygens (including phenoxy) is 1. The smallest absolute Gasteiger partial charge is 0.159 e. The number of benzene rings is 1. The summed E-state index contributed by atoms with van der Waals surface area (Å²) < 4.78 is 5.98. The molecule has 0 spiro atoms. The first-order valence-electron chi connectivity index (χ1n) is 7.37. The van der Waals surface area contributed by atoms with Gasteiger partial charge in [0.15, 0.2) is 5.78 Å². The number of hydrogen-bond acceptors (Lipinski definition) is 3. The van der Waals surface area contributed by atoms with Crippen molar-refractivity contribution in [1.29, 1.82) is 0 Å². The summed E-state index contributed by atoms with van der Waals surface area (Å²) in [6.07, 6.45) is 3.24. The summed E-state index contributed by atoms with van der Waals surface area (Å²) in [6.45, 7) is 9.19. The maximum Gasteiger partial charge on any atom is 0.159 e. The van der Waals surface area contributed by atoms with Gasteiger partial charge in [0.05, 0.1) is 5.60 Å². The minimum atomic E-state index is -0.900.